The molecular formula is C32H24F4N6O3. The van der Waals surface area contributed by atoms with E-state index in [0.29, 0.717) is 57.4 Å². The van der Waals surface area contributed by atoms with E-state index in [1.807, 2.05) is 36.4 Å². The maximum absolute atomic E-state index is 13.7. The molecule has 0 fully saturated rings. The Hall–Kier alpha value is -5.59. The molecule has 0 radical (unpaired) electrons. The minimum absolute atomic E-state index is 0.00424. The summed E-state index contributed by atoms with van der Waals surface area (Å²) < 4.78 is 69.8. The topological polar surface area (TPSA) is 108 Å². The predicted molar refractivity (Wildman–Crippen MR) is 156 cm³/mol. The van der Waals surface area contributed by atoms with Crippen LogP contribution in [0, 0.1) is 5.82 Å². The van der Waals surface area contributed by atoms with Crippen molar-refractivity contribution in [2.24, 2.45) is 0 Å². The zero-order valence-corrected chi connectivity index (χ0v) is 23.6. The van der Waals surface area contributed by atoms with Gasteiger partial charge in [0, 0.05) is 29.4 Å². The van der Waals surface area contributed by atoms with E-state index in [1.54, 1.807) is 31.2 Å². The van der Waals surface area contributed by atoms with Crippen molar-refractivity contribution in [2.45, 2.75) is 32.4 Å². The maximum Gasteiger partial charge on any atom is 0.451 e. The van der Waals surface area contributed by atoms with Crippen molar-refractivity contribution in [3.05, 3.63) is 120 Å². The third kappa shape index (κ3) is 6.98. The fourth-order valence-corrected chi connectivity index (χ4v) is 4.48. The summed E-state index contributed by atoms with van der Waals surface area (Å²) in [5.74, 6) is -0.134. The highest BCUT2D eigenvalue weighted by Gasteiger charge is 2.34. The van der Waals surface area contributed by atoms with Crippen LogP contribution in [-0.2, 0) is 19.4 Å². The molecule has 6 aromatic rings. The van der Waals surface area contributed by atoms with Crippen molar-refractivity contribution < 1.29 is 31.6 Å². The Bertz CT molecular complexity index is 1900. The van der Waals surface area contributed by atoms with Crippen molar-refractivity contribution in [1.29, 1.82) is 0 Å². The minimum Gasteiger partial charge on any atom is -0.483 e. The zero-order valence-electron chi connectivity index (χ0n) is 23.6. The van der Waals surface area contributed by atoms with Crippen molar-refractivity contribution in [3.8, 4) is 22.8 Å². The van der Waals surface area contributed by atoms with Crippen LogP contribution in [0.2, 0.25) is 0 Å². The molecule has 3 aromatic carbocycles. The van der Waals surface area contributed by atoms with Crippen molar-refractivity contribution in [1.82, 2.24) is 25.1 Å². The molecular weight excluding hydrogens is 592 g/mol. The van der Waals surface area contributed by atoms with Gasteiger partial charge in [-0.05, 0) is 53.0 Å². The number of rotatable bonds is 10. The molecule has 3 aromatic heterocycles. The van der Waals surface area contributed by atoms with E-state index in [2.05, 4.69) is 30.4 Å². The molecule has 228 valence electrons. The molecule has 0 spiro atoms. The van der Waals surface area contributed by atoms with Crippen molar-refractivity contribution in [3.63, 3.8) is 0 Å². The number of halogens is 4. The second kappa shape index (κ2) is 12.6. The van der Waals surface area contributed by atoms with E-state index in [1.165, 1.54) is 18.5 Å². The molecule has 1 N–H and O–H groups in total. The first-order valence-electron chi connectivity index (χ1n) is 13.7. The maximum atomic E-state index is 13.7. The van der Waals surface area contributed by atoms with Crippen LogP contribution in [0.15, 0.2) is 96.0 Å². The predicted octanol–water partition coefficient (Wildman–Crippen LogP) is 7.56. The molecule has 0 amide bonds. The monoisotopic (exact) mass is 616 g/mol. The molecule has 0 aliphatic rings. The molecule has 0 aliphatic heterocycles. The van der Waals surface area contributed by atoms with Gasteiger partial charge >= 0.3 is 6.18 Å². The highest BCUT2D eigenvalue weighted by molar-refractivity contribution is 5.96. The van der Waals surface area contributed by atoms with Crippen LogP contribution in [0.1, 0.15) is 35.7 Å². The van der Waals surface area contributed by atoms with Crippen molar-refractivity contribution >= 4 is 16.7 Å². The van der Waals surface area contributed by atoms with Gasteiger partial charge in [-0.1, -0.05) is 42.5 Å². The largest absolute Gasteiger partial charge is 0.483 e. The third-order valence-electron chi connectivity index (χ3n) is 6.80. The summed E-state index contributed by atoms with van der Waals surface area (Å²) in [4.78, 5) is 15.7. The van der Waals surface area contributed by atoms with Gasteiger partial charge in [-0.15, -0.1) is 0 Å². The molecule has 0 saturated heterocycles. The van der Waals surface area contributed by atoms with Crippen LogP contribution >= 0.6 is 0 Å². The first-order valence-corrected chi connectivity index (χ1v) is 13.7. The fraction of sp³-hybridized carbons (Fsp3) is 0.156. The summed E-state index contributed by atoms with van der Waals surface area (Å²) in [6.45, 7) is 2.06. The summed E-state index contributed by atoms with van der Waals surface area (Å²) in [5.41, 5.74) is 3.24. The molecule has 6 rings (SSSR count). The molecule has 1 unspecified atom stereocenters. The number of hydrogen-bond donors (Lipinski definition) is 1. The Labute approximate surface area is 253 Å². The Balaban J connectivity index is 1.27. The van der Waals surface area contributed by atoms with Gasteiger partial charge in [0.05, 0.1) is 6.04 Å². The quantitative estimate of drug-likeness (QED) is 0.156. The van der Waals surface area contributed by atoms with Gasteiger partial charge in [-0.2, -0.15) is 13.2 Å². The van der Waals surface area contributed by atoms with E-state index >= 15 is 0 Å². The lowest BCUT2D eigenvalue weighted by Crippen LogP contribution is -2.14. The summed E-state index contributed by atoms with van der Waals surface area (Å²) in [6, 6.07) is 20.3. The van der Waals surface area contributed by atoms with E-state index in [9.17, 15) is 17.6 Å². The normalized spacial score (nSPS) is 12.2. The van der Waals surface area contributed by atoms with Gasteiger partial charge < -0.3 is 19.3 Å². The van der Waals surface area contributed by atoms with Gasteiger partial charge in [0.2, 0.25) is 5.82 Å². The van der Waals surface area contributed by atoms with E-state index in [4.69, 9.17) is 14.0 Å². The van der Waals surface area contributed by atoms with E-state index < -0.39 is 18.0 Å². The molecule has 0 aliphatic carbocycles. The lowest BCUT2D eigenvalue weighted by atomic mass is 10.0. The molecule has 13 heteroatoms. The van der Waals surface area contributed by atoms with Crippen molar-refractivity contribution in [2.75, 3.05) is 5.32 Å². The summed E-state index contributed by atoms with van der Waals surface area (Å²) >= 11 is 0. The number of aromatic nitrogens is 5. The number of alkyl halides is 3. The fourth-order valence-electron chi connectivity index (χ4n) is 4.48. The average Bonchev–Trinajstić information content (AvgIpc) is 3.51. The lowest BCUT2D eigenvalue weighted by molar-refractivity contribution is -0.145. The van der Waals surface area contributed by atoms with Gasteiger partial charge in [0.1, 0.15) is 42.4 Å². The smallest absolute Gasteiger partial charge is 0.451 e. The van der Waals surface area contributed by atoms with Crippen LogP contribution in [0.4, 0.5) is 23.4 Å². The number of hydrogen-bond acceptors (Lipinski definition) is 9. The molecule has 0 bridgehead atoms. The van der Waals surface area contributed by atoms with Crippen LogP contribution in [-0.4, -0.2) is 25.1 Å². The molecule has 3 heterocycles. The van der Waals surface area contributed by atoms with Gasteiger partial charge in [0.15, 0.2) is 5.76 Å². The van der Waals surface area contributed by atoms with Gasteiger partial charge in [0.25, 0.3) is 5.88 Å². The summed E-state index contributed by atoms with van der Waals surface area (Å²) in [7, 11) is 0. The standard InChI is InChI=1S/C32H24F4N6O3/c1-19(23-14-37-31(38-15-23)32(34,35)36)41-30-26-11-22(21-7-9-24(33)10-8-21)12-27(29(26)39-18-40-30)43-17-25-13-28(42-45-25)44-16-20-5-3-2-4-6-20/h2-15,18-19H,16-17H2,1H3,(H,39,40,41). The first kappa shape index (κ1) is 29.5. The molecule has 0 saturated carbocycles. The summed E-state index contributed by atoms with van der Waals surface area (Å²) in [6.07, 6.45) is -1.07. The second-order valence-electron chi connectivity index (χ2n) is 10.00. The Morgan fingerprint density at radius 3 is 2.33 bits per heavy atom. The van der Waals surface area contributed by atoms with Crippen LogP contribution in [0.5, 0.6) is 11.6 Å². The zero-order chi connectivity index (χ0) is 31.4. The Kier molecular flexibility index (Phi) is 8.23. The van der Waals surface area contributed by atoms with Crippen LogP contribution < -0.4 is 14.8 Å². The Morgan fingerprint density at radius 2 is 1.60 bits per heavy atom. The average molecular weight is 617 g/mol. The lowest BCUT2D eigenvalue weighted by Gasteiger charge is -2.18. The second-order valence-corrected chi connectivity index (χ2v) is 10.00. The summed E-state index contributed by atoms with van der Waals surface area (Å²) in [5, 5.41) is 7.71. The number of nitrogens with zero attached hydrogens (tertiary/aromatic N) is 5. The van der Waals surface area contributed by atoms with E-state index in [-0.39, 0.29) is 12.4 Å². The molecule has 1 atom stereocenters. The molecule has 9 nitrogen and oxygen atoms in total. The van der Waals surface area contributed by atoms with Crippen LogP contribution in [0.25, 0.3) is 22.0 Å². The number of nitrogens with one attached hydrogen (secondary N) is 1. The molecule has 45 heavy (non-hydrogen) atoms. The number of anilines is 1. The first-order chi connectivity index (χ1) is 21.7. The SMILES string of the molecule is CC(Nc1ncnc2c(OCc3cc(OCc4ccccc4)no3)cc(-c3ccc(F)cc3)cc12)c1cnc(C(F)(F)F)nc1. The highest BCUT2D eigenvalue weighted by atomic mass is 19.4. The number of ether oxygens (including phenoxy) is 2. The van der Waals surface area contributed by atoms with Gasteiger partial charge in [-0.25, -0.2) is 24.3 Å². The number of benzene rings is 3. The van der Waals surface area contributed by atoms with E-state index in [0.717, 1.165) is 18.0 Å². The number of fused-ring (bicyclic) bond motifs is 1. The Morgan fingerprint density at radius 1 is 0.844 bits per heavy atom. The highest BCUT2D eigenvalue weighted by Crippen LogP contribution is 2.36. The van der Waals surface area contributed by atoms with Gasteiger partial charge in [-0.3, -0.25) is 0 Å². The van der Waals surface area contributed by atoms with Crippen LogP contribution in [0.3, 0.4) is 0 Å². The minimum atomic E-state index is -4.65. The third-order valence-corrected chi connectivity index (χ3v) is 6.80.